The first kappa shape index (κ1) is 19.1. The van der Waals surface area contributed by atoms with Gasteiger partial charge < -0.3 is 24.6 Å². The molecule has 3 aliphatic heterocycles. The molecule has 0 saturated carbocycles. The molecule has 0 aromatic heterocycles. The molecule has 28 heavy (non-hydrogen) atoms. The van der Waals surface area contributed by atoms with E-state index in [4.69, 9.17) is 9.47 Å². The molecule has 7 heteroatoms. The number of carbonyl (C=O) groups is 2. The van der Waals surface area contributed by atoms with Crippen LogP contribution in [0.15, 0.2) is 18.2 Å². The van der Waals surface area contributed by atoms with Gasteiger partial charge in [-0.15, -0.1) is 0 Å². The third kappa shape index (κ3) is 4.09. The predicted molar refractivity (Wildman–Crippen MR) is 105 cm³/mol. The quantitative estimate of drug-likeness (QED) is 0.837. The molecule has 0 bridgehead atoms. The van der Waals surface area contributed by atoms with E-state index in [-0.39, 0.29) is 37.0 Å². The molecule has 2 fully saturated rings. The lowest BCUT2D eigenvalue weighted by molar-refractivity contribution is -0.127. The normalized spacial score (nSPS) is 25.8. The molecule has 1 N–H and O–H groups in total. The van der Waals surface area contributed by atoms with Crippen molar-refractivity contribution in [2.75, 3.05) is 37.9 Å². The fraction of sp³-hybridized carbons (Fsp3) is 0.619. The van der Waals surface area contributed by atoms with E-state index >= 15 is 0 Å². The second-order valence-corrected chi connectivity index (χ2v) is 8.36. The summed E-state index contributed by atoms with van der Waals surface area (Å²) in [7, 11) is 0. The van der Waals surface area contributed by atoms with Gasteiger partial charge in [-0.25, -0.2) is 0 Å². The molecule has 3 aliphatic rings. The molecule has 2 amide bonds. The Kier molecular flexibility index (Phi) is 5.44. The van der Waals surface area contributed by atoms with Crippen molar-refractivity contribution in [3.8, 4) is 11.5 Å². The summed E-state index contributed by atoms with van der Waals surface area (Å²) in [6.45, 7) is 7.99. The lowest BCUT2D eigenvalue weighted by atomic mass is 10.00. The van der Waals surface area contributed by atoms with Crippen LogP contribution in [0.5, 0.6) is 11.5 Å². The molecule has 1 aromatic rings. The summed E-state index contributed by atoms with van der Waals surface area (Å²) in [6.07, 6.45) is 2.76. The van der Waals surface area contributed by atoms with Crippen LogP contribution in [0.1, 0.15) is 33.1 Å². The van der Waals surface area contributed by atoms with E-state index in [9.17, 15) is 9.59 Å². The molecule has 3 atom stereocenters. The number of likely N-dealkylation sites (tertiary alicyclic amines) is 1. The molecule has 7 nitrogen and oxygen atoms in total. The Morgan fingerprint density at radius 3 is 2.93 bits per heavy atom. The molecule has 3 heterocycles. The van der Waals surface area contributed by atoms with Crippen molar-refractivity contribution in [2.45, 2.75) is 39.2 Å². The molecule has 0 spiro atoms. The SMILES string of the molecule is CC1CCCN(CC(C)NC(=O)C2CC(=O)N(c3ccc4c(c3)OCO4)C2)C1. The zero-order valence-corrected chi connectivity index (χ0v) is 16.6. The third-order valence-corrected chi connectivity index (χ3v) is 5.83. The zero-order valence-electron chi connectivity index (χ0n) is 16.6. The van der Waals surface area contributed by atoms with Gasteiger partial charge in [0.25, 0.3) is 0 Å². The van der Waals surface area contributed by atoms with Gasteiger partial charge in [-0.3, -0.25) is 9.59 Å². The van der Waals surface area contributed by atoms with Crippen LogP contribution in [-0.2, 0) is 9.59 Å². The van der Waals surface area contributed by atoms with Crippen molar-refractivity contribution in [1.82, 2.24) is 10.2 Å². The maximum atomic E-state index is 12.7. The van der Waals surface area contributed by atoms with Gasteiger partial charge in [-0.05, 0) is 44.4 Å². The lowest BCUT2D eigenvalue weighted by Gasteiger charge is -2.33. The lowest BCUT2D eigenvalue weighted by Crippen LogP contribution is -2.46. The van der Waals surface area contributed by atoms with Crippen LogP contribution in [0.25, 0.3) is 0 Å². The Balaban J connectivity index is 1.32. The summed E-state index contributed by atoms with van der Waals surface area (Å²) in [6, 6.07) is 5.53. The van der Waals surface area contributed by atoms with Crippen molar-refractivity contribution in [2.24, 2.45) is 11.8 Å². The summed E-state index contributed by atoms with van der Waals surface area (Å²) < 4.78 is 10.7. The largest absolute Gasteiger partial charge is 0.454 e. The van der Waals surface area contributed by atoms with Crippen molar-refractivity contribution < 1.29 is 19.1 Å². The zero-order chi connectivity index (χ0) is 19.7. The van der Waals surface area contributed by atoms with Crippen molar-refractivity contribution in [3.05, 3.63) is 18.2 Å². The Labute approximate surface area is 166 Å². The van der Waals surface area contributed by atoms with Gasteiger partial charge in [0.15, 0.2) is 11.5 Å². The minimum Gasteiger partial charge on any atom is -0.454 e. The summed E-state index contributed by atoms with van der Waals surface area (Å²) in [4.78, 5) is 29.3. The number of amides is 2. The third-order valence-electron chi connectivity index (χ3n) is 5.83. The molecule has 4 rings (SSSR count). The number of fused-ring (bicyclic) bond motifs is 1. The number of nitrogens with one attached hydrogen (secondary N) is 1. The minimum absolute atomic E-state index is 0.0310. The second-order valence-electron chi connectivity index (χ2n) is 8.36. The number of piperidine rings is 1. The number of hydrogen-bond acceptors (Lipinski definition) is 5. The number of anilines is 1. The van der Waals surface area contributed by atoms with E-state index in [1.165, 1.54) is 12.8 Å². The van der Waals surface area contributed by atoms with Crippen LogP contribution in [-0.4, -0.2) is 55.7 Å². The fourth-order valence-electron chi connectivity index (χ4n) is 4.43. The molecule has 3 unspecified atom stereocenters. The second kappa shape index (κ2) is 7.99. The van der Waals surface area contributed by atoms with Crippen LogP contribution in [0.4, 0.5) is 5.69 Å². The summed E-state index contributed by atoms with van der Waals surface area (Å²) in [5.74, 6) is 1.67. The van der Waals surface area contributed by atoms with Crippen molar-refractivity contribution >= 4 is 17.5 Å². The molecule has 0 aliphatic carbocycles. The first-order chi connectivity index (χ1) is 13.5. The summed E-state index contributed by atoms with van der Waals surface area (Å²) in [5, 5.41) is 3.11. The van der Waals surface area contributed by atoms with Gasteiger partial charge in [-0.1, -0.05) is 6.92 Å². The topological polar surface area (TPSA) is 71.1 Å². The Hall–Kier alpha value is -2.28. The standard InChI is InChI=1S/C21H29N3O4/c1-14-4-3-7-23(10-14)11-15(2)22-21(26)16-8-20(25)24(12-16)17-5-6-18-19(9-17)28-13-27-18/h5-6,9,14-16H,3-4,7-8,10-13H2,1-2H3,(H,22,26). The van der Waals surface area contributed by atoms with E-state index in [1.54, 1.807) is 17.0 Å². The van der Waals surface area contributed by atoms with Crippen LogP contribution >= 0.6 is 0 Å². The maximum absolute atomic E-state index is 12.7. The summed E-state index contributed by atoms with van der Waals surface area (Å²) in [5.41, 5.74) is 0.750. The number of hydrogen-bond donors (Lipinski definition) is 1. The van der Waals surface area contributed by atoms with Gasteiger partial charge in [0.2, 0.25) is 18.6 Å². The van der Waals surface area contributed by atoms with Crippen LogP contribution < -0.4 is 19.7 Å². The van der Waals surface area contributed by atoms with Crippen molar-refractivity contribution in [1.29, 1.82) is 0 Å². The van der Waals surface area contributed by atoms with Gasteiger partial charge in [-0.2, -0.15) is 0 Å². The first-order valence-electron chi connectivity index (χ1n) is 10.2. The van der Waals surface area contributed by atoms with Gasteiger partial charge in [0.1, 0.15) is 0 Å². The predicted octanol–water partition coefficient (Wildman–Crippen LogP) is 2.00. The van der Waals surface area contributed by atoms with Crippen LogP contribution in [0.2, 0.25) is 0 Å². The number of nitrogens with zero attached hydrogens (tertiary/aromatic N) is 2. The highest BCUT2D eigenvalue weighted by atomic mass is 16.7. The highest BCUT2D eigenvalue weighted by Gasteiger charge is 2.36. The fourth-order valence-corrected chi connectivity index (χ4v) is 4.43. The van der Waals surface area contributed by atoms with Gasteiger partial charge in [0, 0.05) is 43.9 Å². The Bertz CT molecular complexity index is 753. The van der Waals surface area contributed by atoms with E-state index in [0.29, 0.717) is 18.0 Å². The molecule has 1 aromatic carbocycles. The highest BCUT2D eigenvalue weighted by Crippen LogP contribution is 2.37. The van der Waals surface area contributed by atoms with Gasteiger partial charge in [0.05, 0.1) is 5.92 Å². The number of carbonyl (C=O) groups excluding carboxylic acids is 2. The monoisotopic (exact) mass is 387 g/mol. The number of rotatable bonds is 5. The van der Waals surface area contributed by atoms with Crippen LogP contribution in [0, 0.1) is 11.8 Å². The maximum Gasteiger partial charge on any atom is 0.231 e. The first-order valence-corrected chi connectivity index (χ1v) is 10.2. The number of benzene rings is 1. The van der Waals surface area contributed by atoms with Crippen LogP contribution in [0.3, 0.4) is 0 Å². The van der Waals surface area contributed by atoms with E-state index in [2.05, 4.69) is 17.1 Å². The minimum atomic E-state index is -0.319. The van der Waals surface area contributed by atoms with E-state index in [1.807, 2.05) is 13.0 Å². The Morgan fingerprint density at radius 1 is 1.29 bits per heavy atom. The molecule has 2 saturated heterocycles. The summed E-state index contributed by atoms with van der Waals surface area (Å²) >= 11 is 0. The van der Waals surface area contributed by atoms with E-state index < -0.39 is 0 Å². The van der Waals surface area contributed by atoms with Gasteiger partial charge >= 0.3 is 0 Å². The molecular weight excluding hydrogens is 358 g/mol. The smallest absolute Gasteiger partial charge is 0.231 e. The average Bonchev–Trinajstić information content (AvgIpc) is 3.27. The molecule has 152 valence electrons. The Morgan fingerprint density at radius 2 is 2.11 bits per heavy atom. The molecule has 0 radical (unpaired) electrons. The molecular formula is C21H29N3O4. The average molecular weight is 387 g/mol. The highest BCUT2D eigenvalue weighted by molar-refractivity contribution is 6.00. The van der Waals surface area contributed by atoms with Crippen molar-refractivity contribution in [3.63, 3.8) is 0 Å². The number of ether oxygens (including phenoxy) is 2. The van der Waals surface area contributed by atoms with E-state index in [0.717, 1.165) is 31.2 Å².